The average Bonchev–Trinajstić information content (AvgIpc) is 2.54. The molecule has 1 amide bonds. The van der Waals surface area contributed by atoms with Crippen LogP contribution in [0.15, 0.2) is 24.3 Å². The number of carbonyl (C=O) groups is 1. The van der Waals surface area contributed by atoms with Gasteiger partial charge < -0.3 is 16.2 Å². The first-order chi connectivity index (χ1) is 10.7. The van der Waals surface area contributed by atoms with Gasteiger partial charge in [0.2, 0.25) is 5.91 Å². The van der Waals surface area contributed by atoms with Crippen molar-refractivity contribution >= 4 is 11.6 Å². The zero-order valence-electron chi connectivity index (χ0n) is 13.1. The smallest absolute Gasteiger partial charge is 0.224 e. The van der Waals surface area contributed by atoms with Crippen LogP contribution in [0.3, 0.4) is 0 Å². The number of aliphatic hydroxyl groups excluding tert-OH is 1. The molecule has 0 atom stereocenters. The normalized spacial score (nSPS) is 16.6. The lowest BCUT2D eigenvalue weighted by Gasteiger charge is -2.31. The predicted octanol–water partition coefficient (Wildman–Crippen LogP) is 1.57. The number of aliphatic hydroxyl groups is 1. The third kappa shape index (κ3) is 5.40. The highest BCUT2D eigenvalue weighted by atomic mass is 16.3. The number of nitrogens with one attached hydrogen (secondary N) is 1. The summed E-state index contributed by atoms with van der Waals surface area (Å²) in [6.45, 7) is 3.79. The molecular formula is C17H27N3O2. The molecule has 1 aliphatic heterocycles. The van der Waals surface area contributed by atoms with Gasteiger partial charge in [-0.05, 0) is 62.5 Å². The molecule has 0 spiro atoms. The van der Waals surface area contributed by atoms with Gasteiger partial charge in [0.25, 0.3) is 0 Å². The number of hydrogen-bond donors (Lipinski definition) is 3. The molecule has 5 nitrogen and oxygen atoms in total. The Labute approximate surface area is 132 Å². The first kappa shape index (κ1) is 16.9. The molecule has 122 valence electrons. The average molecular weight is 305 g/mol. The number of amides is 1. The van der Waals surface area contributed by atoms with Crippen LogP contribution in [0.5, 0.6) is 0 Å². The molecule has 0 aliphatic carbocycles. The molecular weight excluding hydrogens is 278 g/mol. The minimum atomic E-state index is 0.0198. The van der Waals surface area contributed by atoms with Gasteiger partial charge >= 0.3 is 0 Å². The number of nitrogens with two attached hydrogens (primary N) is 1. The Balaban J connectivity index is 1.85. The van der Waals surface area contributed by atoms with E-state index in [0.717, 1.165) is 38.2 Å². The van der Waals surface area contributed by atoms with Crippen LogP contribution in [-0.4, -0.2) is 42.2 Å². The molecule has 5 heteroatoms. The fourth-order valence-corrected chi connectivity index (χ4v) is 2.82. The van der Waals surface area contributed by atoms with Gasteiger partial charge in [-0.3, -0.25) is 9.69 Å². The van der Waals surface area contributed by atoms with Crippen LogP contribution in [0.25, 0.3) is 0 Å². The highest BCUT2D eigenvalue weighted by molar-refractivity contribution is 5.90. The van der Waals surface area contributed by atoms with E-state index in [1.807, 2.05) is 18.2 Å². The van der Waals surface area contributed by atoms with Gasteiger partial charge in [0.05, 0.1) is 0 Å². The Kier molecular flexibility index (Phi) is 6.83. The van der Waals surface area contributed by atoms with Gasteiger partial charge in [0, 0.05) is 25.3 Å². The molecule has 1 fully saturated rings. The second-order valence-electron chi connectivity index (χ2n) is 6.04. The van der Waals surface area contributed by atoms with Crippen molar-refractivity contribution in [3.8, 4) is 0 Å². The zero-order valence-corrected chi connectivity index (χ0v) is 13.1. The summed E-state index contributed by atoms with van der Waals surface area (Å²) < 4.78 is 0. The van der Waals surface area contributed by atoms with Crippen LogP contribution in [0.2, 0.25) is 0 Å². The number of carbonyl (C=O) groups excluding carboxylic acids is 1. The summed E-state index contributed by atoms with van der Waals surface area (Å²) in [4.78, 5) is 14.1. The molecule has 2 rings (SSSR count). The van der Waals surface area contributed by atoms with E-state index in [9.17, 15) is 9.90 Å². The molecule has 0 aromatic heterocycles. The number of benzene rings is 1. The molecule has 22 heavy (non-hydrogen) atoms. The molecule has 1 aromatic rings. The Morgan fingerprint density at radius 2 is 2.14 bits per heavy atom. The maximum absolute atomic E-state index is 11.7. The summed E-state index contributed by atoms with van der Waals surface area (Å²) in [6, 6.07) is 8.03. The summed E-state index contributed by atoms with van der Waals surface area (Å²) in [6.07, 6.45) is 3.30. The molecule has 0 saturated carbocycles. The summed E-state index contributed by atoms with van der Waals surface area (Å²) in [5.41, 5.74) is 7.48. The third-order valence-electron chi connectivity index (χ3n) is 4.19. The molecule has 1 heterocycles. The first-order valence-electron chi connectivity index (χ1n) is 8.13. The lowest BCUT2D eigenvalue weighted by molar-refractivity contribution is -0.116. The summed E-state index contributed by atoms with van der Waals surface area (Å²) in [5.74, 6) is 0.482. The standard InChI is InChI=1S/C17H27N3O2/c18-8-2-5-17(22)19-16-4-1-3-15(11-16)12-20-9-6-14(13-21)7-10-20/h1,3-4,11,14,21H,2,5-10,12-13,18H2,(H,19,22). The van der Waals surface area contributed by atoms with Gasteiger partial charge in [0.15, 0.2) is 0 Å². The van der Waals surface area contributed by atoms with Crippen molar-refractivity contribution in [2.45, 2.75) is 32.2 Å². The molecule has 1 aromatic carbocycles. The zero-order chi connectivity index (χ0) is 15.8. The van der Waals surface area contributed by atoms with Crippen molar-refractivity contribution in [3.05, 3.63) is 29.8 Å². The minimum absolute atomic E-state index is 0.0198. The summed E-state index contributed by atoms with van der Waals surface area (Å²) in [7, 11) is 0. The summed E-state index contributed by atoms with van der Waals surface area (Å²) >= 11 is 0. The number of piperidine rings is 1. The second kappa shape index (κ2) is 8.88. The van der Waals surface area contributed by atoms with E-state index in [4.69, 9.17) is 5.73 Å². The van der Waals surface area contributed by atoms with Gasteiger partial charge in [-0.25, -0.2) is 0 Å². The fourth-order valence-electron chi connectivity index (χ4n) is 2.82. The predicted molar refractivity (Wildman–Crippen MR) is 88.4 cm³/mol. The Morgan fingerprint density at radius 1 is 1.36 bits per heavy atom. The van der Waals surface area contributed by atoms with Crippen molar-refractivity contribution < 1.29 is 9.90 Å². The fraction of sp³-hybridized carbons (Fsp3) is 0.588. The molecule has 0 radical (unpaired) electrons. The van der Waals surface area contributed by atoms with Crippen molar-refractivity contribution in [2.24, 2.45) is 11.7 Å². The lowest BCUT2D eigenvalue weighted by atomic mass is 9.97. The van der Waals surface area contributed by atoms with Crippen LogP contribution in [0.1, 0.15) is 31.2 Å². The van der Waals surface area contributed by atoms with Gasteiger partial charge in [0.1, 0.15) is 0 Å². The second-order valence-corrected chi connectivity index (χ2v) is 6.04. The maximum atomic E-state index is 11.7. The molecule has 0 unspecified atom stereocenters. The van der Waals surface area contributed by atoms with E-state index in [1.54, 1.807) is 0 Å². The topological polar surface area (TPSA) is 78.6 Å². The van der Waals surface area contributed by atoms with Crippen molar-refractivity contribution in [2.75, 3.05) is 31.6 Å². The van der Waals surface area contributed by atoms with Crippen LogP contribution in [-0.2, 0) is 11.3 Å². The van der Waals surface area contributed by atoms with Crippen LogP contribution < -0.4 is 11.1 Å². The minimum Gasteiger partial charge on any atom is -0.396 e. The number of likely N-dealkylation sites (tertiary alicyclic amines) is 1. The largest absolute Gasteiger partial charge is 0.396 e. The lowest BCUT2D eigenvalue weighted by Crippen LogP contribution is -2.34. The highest BCUT2D eigenvalue weighted by Crippen LogP contribution is 2.19. The Morgan fingerprint density at radius 3 is 2.82 bits per heavy atom. The van der Waals surface area contributed by atoms with E-state index in [2.05, 4.69) is 16.3 Å². The highest BCUT2D eigenvalue weighted by Gasteiger charge is 2.18. The van der Waals surface area contributed by atoms with Gasteiger partial charge in [-0.1, -0.05) is 12.1 Å². The third-order valence-corrected chi connectivity index (χ3v) is 4.19. The molecule has 1 saturated heterocycles. The van der Waals surface area contributed by atoms with E-state index in [0.29, 0.717) is 31.9 Å². The van der Waals surface area contributed by atoms with Crippen molar-refractivity contribution in [3.63, 3.8) is 0 Å². The molecule has 1 aliphatic rings. The van der Waals surface area contributed by atoms with Crippen LogP contribution in [0, 0.1) is 5.92 Å². The van der Waals surface area contributed by atoms with Crippen molar-refractivity contribution in [1.82, 2.24) is 4.90 Å². The van der Waals surface area contributed by atoms with E-state index >= 15 is 0 Å². The number of rotatable bonds is 7. The number of nitrogens with zero attached hydrogens (tertiary/aromatic N) is 1. The summed E-state index contributed by atoms with van der Waals surface area (Å²) in [5, 5.41) is 12.1. The van der Waals surface area contributed by atoms with Gasteiger partial charge in [-0.2, -0.15) is 0 Å². The maximum Gasteiger partial charge on any atom is 0.224 e. The van der Waals surface area contributed by atoms with Crippen LogP contribution in [0.4, 0.5) is 5.69 Å². The Hall–Kier alpha value is -1.43. The monoisotopic (exact) mass is 305 g/mol. The van der Waals surface area contributed by atoms with E-state index in [1.165, 1.54) is 5.56 Å². The van der Waals surface area contributed by atoms with Crippen molar-refractivity contribution in [1.29, 1.82) is 0 Å². The number of hydrogen-bond acceptors (Lipinski definition) is 4. The van der Waals surface area contributed by atoms with Crippen LogP contribution >= 0.6 is 0 Å². The molecule has 4 N–H and O–H groups in total. The quantitative estimate of drug-likeness (QED) is 0.714. The Bertz CT molecular complexity index is 471. The number of anilines is 1. The van der Waals surface area contributed by atoms with E-state index < -0.39 is 0 Å². The van der Waals surface area contributed by atoms with Gasteiger partial charge in [-0.15, -0.1) is 0 Å². The first-order valence-corrected chi connectivity index (χ1v) is 8.13. The molecule has 0 bridgehead atoms. The SMILES string of the molecule is NCCCC(=O)Nc1cccc(CN2CCC(CO)CC2)c1. The van der Waals surface area contributed by atoms with E-state index in [-0.39, 0.29) is 5.91 Å².